The van der Waals surface area contributed by atoms with Gasteiger partial charge in [-0.2, -0.15) is 0 Å². The van der Waals surface area contributed by atoms with Crippen LogP contribution in [0.4, 0.5) is 0 Å². The summed E-state index contributed by atoms with van der Waals surface area (Å²) in [6.45, 7) is 20.0. The van der Waals surface area contributed by atoms with Crippen molar-refractivity contribution in [1.29, 1.82) is 0 Å². The Morgan fingerprint density at radius 1 is 0.769 bits per heavy atom. The average molecular weight is 724 g/mol. The van der Waals surface area contributed by atoms with Crippen LogP contribution in [0, 0.1) is 50.2 Å². The standard InChI is InChI=1S/C46H77NO5/c1-9-10-11-12-13-14-15-16-17-20-39(50)52-37-24-25-43(6)35(42(37,4)5)23-26-45(8)36(43)22-21-33-34-32-41(2,3)27-29-46(34,30-28-44(33,45)7)40(51)47-31-18-19-38(48)49/h21,34-37H,9-20,22-32H2,1-8H3,(H,47,51)(H,48,49)/t34?,35?,36?,37-,43-,44+,45+,46-/m0/s1. The zero-order valence-corrected chi connectivity index (χ0v) is 34.7. The normalized spacial score (nSPS) is 37.3. The van der Waals surface area contributed by atoms with E-state index in [0.29, 0.717) is 31.2 Å². The van der Waals surface area contributed by atoms with Crippen LogP contribution in [0.1, 0.15) is 197 Å². The topological polar surface area (TPSA) is 92.7 Å². The van der Waals surface area contributed by atoms with Gasteiger partial charge in [-0.1, -0.05) is 118 Å². The number of unbranched alkanes of at least 4 members (excludes halogenated alkanes) is 8. The predicted octanol–water partition coefficient (Wildman–Crippen LogP) is 11.6. The van der Waals surface area contributed by atoms with E-state index in [1.165, 1.54) is 51.4 Å². The van der Waals surface area contributed by atoms with Crippen LogP contribution in [0.15, 0.2) is 11.6 Å². The summed E-state index contributed by atoms with van der Waals surface area (Å²) >= 11 is 0. The number of carbonyl (C=O) groups excluding carboxylic acids is 2. The van der Waals surface area contributed by atoms with Crippen molar-refractivity contribution in [2.24, 2.45) is 50.2 Å². The number of carboxylic acids is 1. The number of carbonyl (C=O) groups is 3. The highest BCUT2D eigenvalue weighted by molar-refractivity contribution is 5.84. The molecule has 2 N–H and O–H groups in total. The third-order valence-electron chi connectivity index (χ3n) is 16.6. The molecule has 0 bridgehead atoms. The molecule has 0 heterocycles. The van der Waals surface area contributed by atoms with Crippen LogP contribution in [0.3, 0.4) is 0 Å². The largest absolute Gasteiger partial charge is 0.481 e. The Balaban J connectivity index is 1.27. The number of nitrogens with one attached hydrogen (secondary N) is 1. The molecule has 4 saturated carbocycles. The molecule has 52 heavy (non-hydrogen) atoms. The van der Waals surface area contributed by atoms with E-state index in [1.807, 2.05) is 0 Å². The Labute approximate surface area is 317 Å². The lowest BCUT2D eigenvalue weighted by molar-refractivity contribution is -0.213. The molecule has 6 nitrogen and oxygen atoms in total. The predicted molar refractivity (Wildman–Crippen MR) is 211 cm³/mol. The van der Waals surface area contributed by atoms with Gasteiger partial charge in [0.1, 0.15) is 6.10 Å². The number of hydrogen-bond acceptors (Lipinski definition) is 4. The second kappa shape index (κ2) is 16.1. The van der Waals surface area contributed by atoms with E-state index in [-0.39, 0.29) is 57.4 Å². The fraction of sp³-hybridized carbons (Fsp3) is 0.891. The van der Waals surface area contributed by atoms with Crippen LogP contribution in [0.5, 0.6) is 0 Å². The highest BCUT2D eigenvalue weighted by atomic mass is 16.5. The minimum Gasteiger partial charge on any atom is -0.481 e. The maximum absolute atomic E-state index is 14.2. The lowest BCUT2D eigenvalue weighted by atomic mass is 9.33. The molecule has 0 saturated heterocycles. The molecule has 0 spiro atoms. The minimum absolute atomic E-state index is 0.00930. The van der Waals surface area contributed by atoms with Crippen molar-refractivity contribution >= 4 is 17.8 Å². The van der Waals surface area contributed by atoms with Gasteiger partial charge in [0.15, 0.2) is 0 Å². The molecule has 8 atom stereocenters. The molecule has 6 heteroatoms. The monoisotopic (exact) mass is 724 g/mol. The number of ether oxygens (including phenoxy) is 1. The van der Waals surface area contributed by atoms with Gasteiger partial charge < -0.3 is 15.2 Å². The SMILES string of the molecule is CCCCCCCCCCCC(=O)O[C@H]1CC[C@@]2(C)C(CC[C@]3(C)C2CC=C2C4CC(C)(C)CC[C@]4(C(=O)NCCCC(=O)O)CC[C@]23C)C1(C)C. The summed E-state index contributed by atoms with van der Waals surface area (Å²) in [6, 6.07) is 0. The maximum Gasteiger partial charge on any atom is 0.306 e. The Kier molecular flexibility index (Phi) is 12.8. The van der Waals surface area contributed by atoms with E-state index in [9.17, 15) is 14.4 Å². The van der Waals surface area contributed by atoms with E-state index in [4.69, 9.17) is 9.84 Å². The number of aliphatic carboxylic acids is 1. The van der Waals surface area contributed by atoms with Crippen molar-refractivity contribution in [1.82, 2.24) is 5.32 Å². The van der Waals surface area contributed by atoms with Gasteiger partial charge in [-0.25, -0.2) is 0 Å². The Bertz CT molecular complexity index is 1320. The number of amides is 1. The van der Waals surface area contributed by atoms with Gasteiger partial charge in [0.25, 0.3) is 0 Å². The van der Waals surface area contributed by atoms with Gasteiger partial charge in [0.2, 0.25) is 5.91 Å². The molecule has 3 unspecified atom stereocenters. The van der Waals surface area contributed by atoms with Crippen LogP contribution < -0.4 is 5.32 Å². The van der Waals surface area contributed by atoms with Gasteiger partial charge in [0.05, 0.1) is 5.41 Å². The third kappa shape index (κ3) is 7.80. The number of carboxylic acid groups (broad SMARTS) is 1. The smallest absolute Gasteiger partial charge is 0.306 e. The Morgan fingerprint density at radius 2 is 1.42 bits per heavy atom. The van der Waals surface area contributed by atoms with Crippen molar-refractivity contribution in [2.75, 3.05) is 6.54 Å². The van der Waals surface area contributed by atoms with Crippen LogP contribution in [0.2, 0.25) is 0 Å². The number of fused-ring (bicyclic) bond motifs is 7. The van der Waals surface area contributed by atoms with E-state index in [0.717, 1.165) is 70.6 Å². The van der Waals surface area contributed by atoms with Crippen LogP contribution in [-0.4, -0.2) is 35.6 Å². The summed E-state index contributed by atoms with van der Waals surface area (Å²) in [6.07, 6.45) is 25.4. The number of rotatable bonds is 16. The molecule has 0 aromatic heterocycles. The second-order valence-corrected chi connectivity index (χ2v) is 20.5. The highest BCUT2D eigenvalue weighted by Gasteiger charge is 2.69. The molecular weight excluding hydrogens is 647 g/mol. The lowest BCUT2D eigenvalue weighted by Gasteiger charge is -2.71. The van der Waals surface area contributed by atoms with Gasteiger partial charge in [0, 0.05) is 24.8 Å². The molecular formula is C46H77NO5. The van der Waals surface area contributed by atoms with Gasteiger partial charge in [-0.15, -0.1) is 0 Å². The van der Waals surface area contributed by atoms with Crippen LogP contribution >= 0.6 is 0 Å². The average Bonchev–Trinajstić information content (AvgIpc) is 3.07. The summed E-state index contributed by atoms with van der Waals surface area (Å²) in [5, 5.41) is 12.4. The quantitative estimate of drug-likeness (QED) is 0.0939. The van der Waals surface area contributed by atoms with Crippen molar-refractivity contribution in [3.05, 3.63) is 11.6 Å². The molecule has 1 amide bonds. The number of hydrogen-bond donors (Lipinski definition) is 2. The first-order chi connectivity index (χ1) is 24.5. The second-order valence-electron chi connectivity index (χ2n) is 20.5. The first kappa shape index (κ1) is 41.3. The van der Waals surface area contributed by atoms with E-state index in [2.05, 4.69) is 66.8 Å². The molecule has 0 radical (unpaired) electrons. The molecule has 296 valence electrons. The molecule has 4 fully saturated rings. The summed E-state index contributed by atoms with van der Waals surface area (Å²) in [5.41, 5.74) is 1.64. The zero-order valence-electron chi connectivity index (χ0n) is 34.7. The molecule has 5 rings (SSSR count). The van der Waals surface area contributed by atoms with Crippen molar-refractivity contribution in [2.45, 2.75) is 203 Å². The van der Waals surface area contributed by atoms with Crippen molar-refractivity contribution < 1.29 is 24.2 Å². The molecule has 5 aliphatic carbocycles. The summed E-state index contributed by atoms with van der Waals surface area (Å²) in [5.74, 6) is 0.656. The molecule has 0 aromatic rings. The molecule has 0 aromatic carbocycles. The number of esters is 1. The lowest BCUT2D eigenvalue weighted by Crippen LogP contribution is -2.65. The Hall–Kier alpha value is -1.85. The minimum atomic E-state index is -0.807. The third-order valence-corrected chi connectivity index (χ3v) is 16.6. The van der Waals surface area contributed by atoms with E-state index < -0.39 is 11.4 Å². The maximum atomic E-state index is 14.2. The fourth-order valence-electron chi connectivity index (χ4n) is 13.3. The highest BCUT2D eigenvalue weighted by Crippen LogP contribution is 2.76. The Morgan fingerprint density at radius 3 is 2.10 bits per heavy atom. The van der Waals surface area contributed by atoms with Crippen molar-refractivity contribution in [3.63, 3.8) is 0 Å². The van der Waals surface area contributed by atoms with E-state index >= 15 is 0 Å². The summed E-state index contributed by atoms with van der Waals surface area (Å²) in [4.78, 5) is 38.5. The number of allylic oxidation sites excluding steroid dienone is 2. The summed E-state index contributed by atoms with van der Waals surface area (Å²) < 4.78 is 6.38. The van der Waals surface area contributed by atoms with Gasteiger partial charge in [-0.3, -0.25) is 14.4 Å². The summed E-state index contributed by atoms with van der Waals surface area (Å²) in [7, 11) is 0. The fourth-order valence-corrected chi connectivity index (χ4v) is 13.3. The molecule has 0 aliphatic heterocycles. The first-order valence-corrected chi connectivity index (χ1v) is 21.9. The van der Waals surface area contributed by atoms with E-state index in [1.54, 1.807) is 5.57 Å². The van der Waals surface area contributed by atoms with Crippen LogP contribution in [-0.2, 0) is 19.1 Å². The van der Waals surface area contributed by atoms with Gasteiger partial charge >= 0.3 is 11.9 Å². The van der Waals surface area contributed by atoms with Crippen molar-refractivity contribution in [3.8, 4) is 0 Å². The van der Waals surface area contributed by atoms with Crippen LogP contribution in [0.25, 0.3) is 0 Å². The zero-order chi connectivity index (χ0) is 38.0. The van der Waals surface area contributed by atoms with Gasteiger partial charge in [-0.05, 0) is 116 Å². The first-order valence-electron chi connectivity index (χ1n) is 21.9. The molecule has 5 aliphatic rings.